The molecule has 0 N–H and O–H groups in total. The Labute approximate surface area is 76.7 Å². The largest absolute Gasteiger partial charge is 0.340 e. The Hall–Kier alpha value is -1.39. The number of rotatable bonds is 4. The first-order valence-corrected chi connectivity index (χ1v) is 4.28. The van der Waals surface area contributed by atoms with E-state index in [9.17, 15) is 4.79 Å². The van der Waals surface area contributed by atoms with Crippen molar-refractivity contribution in [2.24, 2.45) is 0 Å². The van der Waals surface area contributed by atoms with E-state index in [1.165, 1.54) is 6.20 Å². The fraction of sp³-hybridized carbons (Fsp3) is 0.625. The minimum atomic E-state index is -0.144. The van der Waals surface area contributed by atoms with Crippen LogP contribution >= 0.6 is 0 Å². The minimum Gasteiger partial charge on any atom is -0.340 e. The lowest BCUT2D eigenvalue weighted by molar-refractivity contribution is 0.0782. The van der Waals surface area contributed by atoms with Crippen molar-refractivity contribution in [3.8, 4) is 0 Å². The molecule has 0 aromatic carbocycles. The fourth-order valence-corrected chi connectivity index (χ4v) is 0.951. The lowest BCUT2D eigenvalue weighted by Crippen LogP contribution is -2.27. The van der Waals surface area contributed by atoms with Gasteiger partial charge in [-0.1, -0.05) is 18.5 Å². The topological polar surface area (TPSA) is 59.2 Å². The first-order chi connectivity index (χ1) is 6.25. The predicted molar refractivity (Wildman–Crippen MR) is 46.2 cm³/mol. The molecule has 13 heavy (non-hydrogen) atoms. The van der Waals surface area contributed by atoms with Gasteiger partial charge in [0.1, 0.15) is 6.20 Å². The quantitative estimate of drug-likeness (QED) is 0.697. The standard InChI is InChI=1S/C8H13N3O2/c1-3-4-5-11(2)8(12)7-6-9-13-10-7/h6H,3-5H2,1-2H3. The van der Waals surface area contributed by atoms with Gasteiger partial charge >= 0.3 is 0 Å². The van der Waals surface area contributed by atoms with Gasteiger partial charge in [0.15, 0.2) is 5.69 Å². The molecular formula is C8H13N3O2. The molecule has 0 spiro atoms. The van der Waals surface area contributed by atoms with Crippen LogP contribution in [0.1, 0.15) is 30.3 Å². The SMILES string of the molecule is CCCCN(C)C(=O)c1cnon1. The average molecular weight is 183 g/mol. The van der Waals surface area contributed by atoms with E-state index in [1.54, 1.807) is 11.9 Å². The van der Waals surface area contributed by atoms with E-state index in [1.807, 2.05) is 0 Å². The van der Waals surface area contributed by atoms with Crippen LogP contribution in [-0.2, 0) is 0 Å². The van der Waals surface area contributed by atoms with Crippen molar-refractivity contribution in [1.82, 2.24) is 15.2 Å². The molecule has 0 bridgehead atoms. The molecular weight excluding hydrogens is 170 g/mol. The summed E-state index contributed by atoms with van der Waals surface area (Å²) in [5.74, 6) is -0.144. The number of hydrogen-bond acceptors (Lipinski definition) is 4. The summed E-state index contributed by atoms with van der Waals surface area (Å²) in [6.45, 7) is 2.82. The lowest BCUT2D eigenvalue weighted by Gasteiger charge is -2.13. The molecule has 72 valence electrons. The monoisotopic (exact) mass is 183 g/mol. The van der Waals surface area contributed by atoms with Crippen LogP contribution in [0, 0.1) is 0 Å². The van der Waals surface area contributed by atoms with Gasteiger partial charge in [-0.25, -0.2) is 4.63 Å². The van der Waals surface area contributed by atoms with E-state index < -0.39 is 0 Å². The van der Waals surface area contributed by atoms with E-state index in [4.69, 9.17) is 0 Å². The highest BCUT2D eigenvalue weighted by Crippen LogP contribution is 1.99. The molecule has 0 saturated carbocycles. The van der Waals surface area contributed by atoms with Crippen molar-refractivity contribution in [3.63, 3.8) is 0 Å². The van der Waals surface area contributed by atoms with E-state index in [2.05, 4.69) is 21.9 Å². The van der Waals surface area contributed by atoms with E-state index in [0.29, 0.717) is 0 Å². The molecule has 5 nitrogen and oxygen atoms in total. The first-order valence-electron chi connectivity index (χ1n) is 4.28. The highest BCUT2D eigenvalue weighted by Gasteiger charge is 2.14. The van der Waals surface area contributed by atoms with Crippen LogP contribution in [0.4, 0.5) is 0 Å². The van der Waals surface area contributed by atoms with Gasteiger partial charge in [-0.05, 0) is 11.6 Å². The summed E-state index contributed by atoms with van der Waals surface area (Å²) < 4.78 is 4.34. The van der Waals surface area contributed by atoms with Crippen LogP contribution in [0.25, 0.3) is 0 Å². The van der Waals surface area contributed by atoms with Crippen LogP contribution in [-0.4, -0.2) is 34.7 Å². The molecule has 0 unspecified atom stereocenters. The van der Waals surface area contributed by atoms with Crippen molar-refractivity contribution in [3.05, 3.63) is 11.9 Å². The van der Waals surface area contributed by atoms with Gasteiger partial charge in [-0.3, -0.25) is 4.79 Å². The predicted octanol–water partition coefficient (Wildman–Crippen LogP) is 0.942. The lowest BCUT2D eigenvalue weighted by atomic mass is 10.3. The molecule has 0 aliphatic rings. The van der Waals surface area contributed by atoms with Crippen molar-refractivity contribution in [1.29, 1.82) is 0 Å². The summed E-state index contributed by atoms with van der Waals surface area (Å²) in [5.41, 5.74) is 0.263. The van der Waals surface area contributed by atoms with Crippen molar-refractivity contribution >= 4 is 5.91 Å². The maximum Gasteiger partial charge on any atom is 0.277 e. The number of hydrogen-bond donors (Lipinski definition) is 0. The molecule has 0 radical (unpaired) electrons. The van der Waals surface area contributed by atoms with E-state index >= 15 is 0 Å². The second-order valence-electron chi connectivity index (χ2n) is 2.87. The number of carbonyl (C=O) groups excluding carboxylic acids is 1. The Morgan fingerprint density at radius 3 is 3.00 bits per heavy atom. The zero-order chi connectivity index (χ0) is 9.68. The van der Waals surface area contributed by atoms with Gasteiger partial charge in [0, 0.05) is 13.6 Å². The Bertz CT molecular complexity index is 258. The molecule has 1 amide bonds. The zero-order valence-electron chi connectivity index (χ0n) is 7.86. The van der Waals surface area contributed by atoms with Crippen LogP contribution in [0.5, 0.6) is 0 Å². The summed E-state index contributed by atoms with van der Waals surface area (Å²) in [6, 6.07) is 0. The molecule has 0 aliphatic heterocycles. The molecule has 1 rings (SSSR count). The van der Waals surface area contributed by atoms with Crippen molar-refractivity contribution in [2.75, 3.05) is 13.6 Å². The molecule has 1 aromatic rings. The fourth-order valence-electron chi connectivity index (χ4n) is 0.951. The Morgan fingerprint density at radius 1 is 1.69 bits per heavy atom. The number of carbonyl (C=O) groups is 1. The van der Waals surface area contributed by atoms with Crippen molar-refractivity contribution in [2.45, 2.75) is 19.8 Å². The van der Waals surface area contributed by atoms with Gasteiger partial charge in [0.05, 0.1) is 0 Å². The number of amides is 1. The number of aromatic nitrogens is 2. The Balaban J connectivity index is 2.48. The summed E-state index contributed by atoms with van der Waals surface area (Å²) in [4.78, 5) is 13.1. The number of nitrogens with zero attached hydrogens (tertiary/aromatic N) is 3. The first kappa shape index (κ1) is 9.70. The van der Waals surface area contributed by atoms with Gasteiger partial charge in [0.25, 0.3) is 5.91 Å². The second kappa shape index (κ2) is 4.59. The molecule has 0 aliphatic carbocycles. The maximum atomic E-state index is 11.5. The Kier molecular flexibility index (Phi) is 3.42. The third kappa shape index (κ3) is 2.54. The van der Waals surface area contributed by atoms with Crippen LogP contribution in [0.15, 0.2) is 10.8 Å². The molecule has 0 atom stereocenters. The maximum absolute atomic E-state index is 11.5. The summed E-state index contributed by atoms with van der Waals surface area (Å²) >= 11 is 0. The van der Waals surface area contributed by atoms with Crippen molar-refractivity contribution < 1.29 is 9.42 Å². The molecule has 1 heterocycles. The molecule has 1 aromatic heterocycles. The summed E-state index contributed by atoms with van der Waals surface area (Å²) in [7, 11) is 1.74. The minimum absolute atomic E-state index is 0.144. The summed E-state index contributed by atoms with van der Waals surface area (Å²) in [5, 5.41) is 6.84. The average Bonchev–Trinajstić information content (AvgIpc) is 2.65. The van der Waals surface area contributed by atoms with E-state index in [-0.39, 0.29) is 11.6 Å². The summed E-state index contributed by atoms with van der Waals surface area (Å²) in [6.07, 6.45) is 3.38. The van der Waals surface area contributed by atoms with Gasteiger partial charge in [-0.2, -0.15) is 0 Å². The van der Waals surface area contributed by atoms with Gasteiger partial charge < -0.3 is 4.90 Å². The second-order valence-corrected chi connectivity index (χ2v) is 2.87. The molecule has 0 fully saturated rings. The third-order valence-corrected chi connectivity index (χ3v) is 1.77. The molecule has 5 heteroatoms. The Morgan fingerprint density at radius 2 is 2.46 bits per heavy atom. The number of unbranched alkanes of at least 4 members (excludes halogenated alkanes) is 1. The normalized spacial score (nSPS) is 10.0. The van der Waals surface area contributed by atoms with Gasteiger partial charge in [0.2, 0.25) is 0 Å². The molecule has 0 saturated heterocycles. The smallest absolute Gasteiger partial charge is 0.277 e. The van der Waals surface area contributed by atoms with Crippen LogP contribution < -0.4 is 0 Å². The van der Waals surface area contributed by atoms with E-state index in [0.717, 1.165) is 19.4 Å². The van der Waals surface area contributed by atoms with Crippen LogP contribution in [0.2, 0.25) is 0 Å². The van der Waals surface area contributed by atoms with Crippen LogP contribution in [0.3, 0.4) is 0 Å². The highest BCUT2D eigenvalue weighted by atomic mass is 16.6. The zero-order valence-corrected chi connectivity index (χ0v) is 7.86. The highest BCUT2D eigenvalue weighted by molar-refractivity contribution is 5.91. The van der Waals surface area contributed by atoms with Gasteiger partial charge in [-0.15, -0.1) is 0 Å². The third-order valence-electron chi connectivity index (χ3n) is 1.77.